The number of hydrogen-bond acceptors (Lipinski definition) is 4. The van der Waals surface area contributed by atoms with E-state index in [-0.39, 0.29) is 12.4 Å². The van der Waals surface area contributed by atoms with Gasteiger partial charge in [-0.15, -0.1) is 35.9 Å². The highest BCUT2D eigenvalue weighted by molar-refractivity contribution is 8.21. The molecule has 2 rings (SSSR count). The summed E-state index contributed by atoms with van der Waals surface area (Å²) < 4.78 is 0. The Kier molecular flexibility index (Phi) is 7.65. The molecule has 78 valence electrons. The van der Waals surface area contributed by atoms with Gasteiger partial charge in [0.05, 0.1) is 0 Å². The molecule has 0 saturated heterocycles. The number of halogens is 1. The molecule has 0 bridgehead atoms. The van der Waals surface area contributed by atoms with Crippen LogP contribution in [0, 0.1) is 0 Å². The van der Waals surface area contributed by atoms with Crippen molar-refractivity contribution in [1.82, 2.24) is 0 Å². The fourth-order valence-electron chi connectivity index (χ4n) is 0.692. The molecule has 4 N–H and O–H groups in total. The molecule has 0 fully saturated rings. The van der Waals surface area contributed by atoms with E-state index in [4.69, 9.17) is 11.5 Å². The zero-order chi connectivity index (χ0) is 9.52. The molecule has 1 aromatic carbocycles. The molecule has 1 heterocycles. The fourth-order valence-corrected chi connectivity index (χ4v) is 2.26. The Balaban J connectivity index is 0.000000246. The molecule has 0 amide bonds. The highest BCUT2D eigenvalue weighted by Gasteiger charge is 1.85. The van der Waals surface area contributed by atoms with E-state index in [0.717, 1.165) is 11.4 Å². The maximum Gasteiger partial charge on any atom is 0.0475 e. The van der Waals surface area contributed by atoms with Gasteiger partial charge in [0.15, 0.2) is 0 Å². The molecule has 1 aromatic rings. The van der Waals surface area contributed by atoms with Crippen molar-refractivity contribution in [2.75, 3.05) is 16.6 Å². The second kappa shape index (κ2) is 7.91. The van der Waals surface area contributed by atoms with Gasteiger partial charge in [-0.1, -0.05) is 0 Å². The highest BCUT2D eigenvalue weighted by atomic mass is 35.5. The van der Waals surface area contributed by atoms with Gasteiger partial charge < -0.3 is 11.5 Å². The SMILES string of the molecule is C1=CSCS1.Cl.Nc1ccc(N)cc1. The van der Waals surface area contributed by atoms with Crippen molar-refractivity contribution in [2.24, 2.45) is 0 Å². The van der Waals surface area contributed by atoms with Gasteiger partial charge in [0.1, 0.15) is 0 Å². The van der Waals surface area contributed by atoms with E-state index in [2.05, 4.69) is 10.8 Å². The van der Waals surface area contributed by atoms with E-state index in [1.54, 1.807) is 24.3 Å². The van der Waals surface area contributed by atoms with E-state index >= 15 is 0 Å². The average molecular weight is 249 g/mol. The third-order valence-corrected chi connectivity index (χ3v) is 3.24. The molecule has 1 aliphatic rings. The van der Waals surface area contributed by atoms with Gasteiger partial charge in [-0.05, 0) is 35.1 Å². The Morgan fingerprint density at radius 1 is 0.857 bits per heavy atom. The molecule has 0 aromatic heterocycles. The normalized spacial score (nSPS) is 12.6. The summed E-state index contributed by atoms with van der Waals surface area (Å²) in [7, 11) is 0. The van der Waals surface area contributed by atoms with Crippen molar-refractivity contribution >= 4 is 47.3 Å². The number of hydrogen-bond donors (Lipinski definition) is 2. The van der Waals surface area contributed by atoms with Gasteiger partial charge in [0, 0.05) is 16.5 Å². The number of anilines is 2. The Morgan fingerprint density at radius 3 is 1.43 bits per heavy atom. The van der Waals surface area contributed by atoms with Crippen LogP contribution in [-0.2, 0) is 0 Å². The summed E-state index contributed by atoms with van der Waals surface area (Å²) in [6.07, 6.45) is 0. The minimum atomic E-state index is 0. The van der Waals surface area contributed by atoms with Crippen molar-refractivity contribution in [3.63, 3.8) is 0 Å². The second-order valence-corrected chi connectivity index (χ2v) is 4.54. The Bertz CT molecular complexity index is 248. The fraction of sp³-hybridized carbons (Fsp3) is 0.111. The topological polar surface area (TPSA) is 52.0 Å². The lowest BCUT2D eigenvalue weighted by molar-refractivity contribution is 1.67. The van der Waals surface area contributed by atoms with Gasteiger partial charge in [-0.2, -0.15) is 0 Å². The lowest BCUT2D eigenvalue weighted by Gasteiger charge is -1.90. The molecule has 14 heavy (non-hydrogen) atoms. The van der Waals surface area contributed by atoms with E-state index in [1.807, 2.05) is 23.5 Å². The Labute approximate surface area is 98.9 Å². The molecule has 0 atom stereocenters. The van der Waals surface area contributed by atoms with Crippen LogP contribution in [0.25, 0.3) is 0 Å². The first-order chi connectivity index (χ1) is 6.29. The van der Waals surface area contributed by atoms with Gasteiger partial charge in [0.2, 0.25) is 0 Å². The number of rotatable bonds is 0. The van der Waals surface area contributed by atoms with Gasteiger partial charge in [-0.3, -0.25) is 0 Å². The zero-order valence-corrected chi connectivity index (χ0v) is 10.0. The third-order valence-electron chi connectivity index (χ3n) is 1.32. The molecule has 5 heteroatoms. The van der Waals surface area contributed by atoms with Crippen LogP contribution in [0.1, 0.15) is 0 Å². The van der Waals surface area contributed by atoms with Crippen molar-refractivity contribution in [2.45, 2.75) is 0 Å². The molecular formula is C9H13ClN2S2. The largest absolute Gasteiger partial charge is 0.399 e. The van der Waals surface area contributed by atoms with Gasteiger partial charge >= 0.3 is 0 Å². The minimum Gasteiger partial charge on any atom is -0.399 e. The molecule has 2 nitrogen and oxygen atoms in total. The molecule has 0 unspecified atom stereocenters. The van der Waals surface area contributed by atoms with Crippen LogP contribution in [0.2, 0.25) is 0 Å². The number of thioether (sulfide) groups is 2. The monoisotopic (exact) mass is 248 g/mol. The number of nitrogen functional groups attached to an aromatic ring is 2. The first-order valence-electron chi connectivity index (χ1n) is 3.78. The molecule has 0 aliphatic carbocycles. The first-order valence-corrected chi connectivity index (χ1v) is 5.88. The smallest absolute Gasteiger partial charge is 0.0475 e. The zero-order valence-electron chi connectivity index (χ0n) is 7.55. The predicted octanol–water partition coefficient (Wildman–Crippen LogP) is 3.17. The summed E-state index contributed by atoms with van der Waals surface area (Å²) >= 11 is 3.71. The molecule has 1 aliphatic heterocycles. The number of nitrogens with two attached hydrogens (primary N) is 2. The standard InChI is InChI=1S/C6H8N2.C3H4S2.ClH/c7-5-1-2-6(8)4-3-5;1-2-5-3-4-1;/h1-4H,7-8H2;1-2H,3H2;1H. The van der Waals surface area contributed by atoms with Crippen LogP contribution >= 0.6 is 35.9 Å². The van der Waals surface area contributed by atoms with Crippen LogP contribution in [-0.4, -0.2) is 5.08 Å². The van der Waals surface area contributed by atoms with Crippen molar-refractivity contribution < 1.29 is 0 Å². The quantitative estimate of drug-likeness (QED) is 0.693. The molecule has 0 radical (unpaired) electrons. The van der Waals surface area contributed by atoms with Crippen molar-refractivity contribution in [3.8, 4) is 0 Å². The third kappa shape index (κ3) is 6.07. The van der Waals surface area contributed by atoms with E-state index in [9.17, 15) is 0 Å². The lowest BCUT2D eigenvalue weighted by Crippen LogP contribution is -1.86. The minimum absolute atomic E-state index is 0. The van der Waals surface area contributed by atoms with E-state index in [1.165, 1.54) is 5.08 Å². The summed E-state index contributed by atoms with van der Waals surface area (Å²) in [5.41, 5.74) is 12.2. The maximum atomic E-state index is 5.37. The molecule has 0 saturated carbocycles. The highest BCUT2D eigenvalue weighted by Crippen LogP contribution is 2.22. The summed E-state index contributed by atoms with van der Waals surface area (Å²) in [5, 5.41) is 5.45. The molecule has 0 spiro atoms. The van der Waals surface area contributed by atoms with Crippen LogP contribution in [0.4, 0.5) is 11.4 Å². The van der Waals surface area contributed by atoms with Crippen LogP contribution < -0.4 is 11.5 Å². The summed E-state index contributed by atoms with van der Waals surface area (Å²) in [6, 6.07) is 7.09. The van der Waals surface area contributed by atoms with E-state index < -0.39 is 0 Å². The summed E-state index contributed by atoms with van der Waals surface area (Å²) in [6.45, 7) is 0. The van der Waals surface area contributed by atoms with Gasteiger partial charge in [0.25, 0.3) is 0 Å². The van der Waals surface area contributed by atoms with Gasteiger partial charge in [-0.25, -0.2) is 0 Å². The second-order valence-electron chi connectivity index (χ2n) is 2.39. The van der Waals surface area contributed by atoms with Crippen molar-refractivity contribution in [3.05, 3.63) is 35.1 Å². The lowest BCUT2D eigenvalue weighted by atomic mass is 10.3. The van der Waals surface area contributed by atoms with Crippen LogP contribution in [0.5, 0.6) is 0 Å². The summed E-state index contributed by atoms with van der Waals surface area (Å²) in [5.74, 6) is 0. The van der Waals surface area contributed by atoms with Crippen molar-refractivity contribution in [1.29, 1.82) is 0 Å². The molecular weight excluding hydrogens is 236 g/mol. The number of benzene rings is 1. The maximum absolute atomic E-state index is 5.37. The van der Waals surface area contributed by atoms with E-state index in [0.29, 0.717) is 0 Å². The Hall–Kier alpha value is -0.450. The van der Waals surface area contributed by atoms with Crippen LogP contribution in [0.15, 0.2) is 35.1 Å². The van der Waals surface area contributed by atoms with Crippen LogP contribution in [0.3, 0.4) is 0 Å². The first kappa shape index (κ1) is 13.5. The predicted molar refractivity (Wildman–Crippen MR) is 71.7 cm³/mol. The summed E-state index contributed by atoms with van der Waals surface area (Å²) in [4.78, 5) is 0. The Morgan fingerprint density at radius 2 is 1.21 bits per heavy atom. The average Bonchev–Trinajstić information content (AvgIpc) is 2.68.